The Bertz CT molecular complexity index is 1820. The summed E-state index contributed by atoms with van der Waals surface area (Å²) in [4.78, 5) is 36.3. The minimum absolute atomic E-state index is 0.151. The molecule has 4 aromatic carbocycles. The fraction of sp³-hybridized carbons (Fsp3) is 0.243. The quantitative estimate of drug-likeness (QED) is 0.141. The SMILES string of the molecule is CC(C)c1ccc2c(Nc3cc(C(=O)NCCc4ccccc4)ccc3Sc3ccc(NC(=O)OC(C)(C)C)cc3)ncnc2c1. The second-order valence-electron chi connectivity index (χ2n) is 12.2. The molecule has 3 N–H and O–H groups in total. The molecule has 0 spiro atoms. The third-order valence-corrected chi connectivity index (χ3v) is 8.18. The molecule has 0 fully saturated rings. The number of hydrogen-bond donors (Lipinski definition) is 3. The molecule has 8 nitrogen and oxygen atoms in total. The first kappa shape index (κ1) is 32.5. The molecule has 9 heteroatoms. The van der Waals surface area contributed by atoms with Gasteiger partial charge in [0.2, 0.25) is 0 Å². The van der Waals surface area contributed by atoms with Crippen LogP contribution >= 0.6 is 11.8 Å². The summed E-state index contributed by atoms with van der Waals surface area (Å²) in [6, 6.07) is 29.5. The molecule has 0 atom stereocenters. The van der Waals surface area contributed by atoms with Crippen molar-refractivity contribution in [1.29, 1.82) is 0 Å². The first-order chi connectivity index (χ1) is 22.0. The highest BCUT2D eigenvalue weighted by molar-refractivity contribution is 7.99. The number of fused-ring (bicyclic) bond motifs is 1. The van der Waals surface area contributed by atoms with Crippen LogP contribution < -0.4 is 16.0 Å². The number of aromatic nitrogens is 2. The van der Waals surface area contributed by atoms with Crippen molar-refractivity contribution >= 4 is 51.9 Å². The number of benzene rings is 4. The normalized spacial score (nSPS) is 11.3. The molecule has 0 saturated heterocycles. The van der Waals surface area contributed by atoms with Gasteiger partial charge in [0.05, 0.1) is 11.2 Å². The molecule has 236 valence electrons. The minimum Gasteiger partial charge on any atom is -0.444 e. The maximum Gasteiger partial charge on any atom is 0.412 e. The Hall–Kier alpha value is -4.89. The van der Waals surface area contributed by atoms with E-state index in [0.717, 1.165) is 32.8 Å². The molecule has 5 aromatic rings. The van der Waals surface area contributed by atoms with Crippen molar-refractivity contribution in [3.8, 4) is 0 Å². The monoisotopic (exact) mass is 633 g/mol. The summed E-state index contributed by atoms with van der Waals surface area (Å²) in [6.45, 7) is 10.3. The second kappa shape index (κ2) is 14.5. The molecule has 1 heterocycles. The Morgan fingerprint density at radius 3 is 2.37 bits per heavy atom. The van der Waals surface area contributed by atoms with E-state index in [0.29, 0.717) is 29.5 Å². The molecule has 2 amide bonds. The topological polar surface area (TPSA) is 105 Å². The zero-order chi connectivity index (χ0) is 32.7. The maximum absolute atomic E-state index is 13.2. The van der Waals surface area contributed by atoms with E-state index in [-0.39, 0.29) is 5.91 Å². The second-order valence-corrected chi connectivity index (χ2v) is 13.3. The summed E-state index contributed by atoms with van der Waals surface area (Å²) >= 11 is 1.54. The van der Waals surface area contributed by atoms with E-state index in [9.17, 15) is 9.59 Å². The van der Waals surface area contributed by atoms with Gasteiger partial charge < -0.3 is 15.4 Å². The highest BCUT2D eigenvalue weighted by atomic mass is 32.2. The van der Waals surface area contributed by atoms with Gasteiger partial charge in [-0.05, 0) is 98.8 Å². The largest absolute Gasteiger partial charge is 0.444 e. The fourth-order valence-corrected chi connectivity index (χ4v) is 5.62. The standard InChI is InChI=1S/C37H39N5O3S/c1-24(2)26-11-17-30-31(21-26)39-23-40-34(30)42-32-22-27(35(43)38-20-19-25-9-7-6-8-10-25)12-18-33(32)46-29-15-13-28(14-16-29)41-36(44)45-37(3,4)5/h6-18,21-24H,19-20H2,1-5H3,(H,38,43)(H,41,44)(H,39,40,42). The van der Waals surface area contributed by atoms with Crippen LogP contribution in [0.4, 0.5) is 22.0 Å². The van der Waals surface area contributed by atoms with E-state index >= 15 is 0 Å². The van der Waals surface area contributed by atoms with Crippen LogP contribution in [0, 0.1) is 0 Å². The summed E-state index contributed by atoms with van der Waals surface area (Å²) in [7, 11) is 0. The van der Waals surface area contributed by atoms with Crippen LogP contribution in [0.2, 0.25) is 0 Å². The van der Waals surface area contributed by atoms with Gasteiger partial charge in [0.15, 0.2) is 0 Å². The number of carbonyl (C=O) groups excluding carboxylic acids is 2. The molecule has 0 aliphatic carbocycles. The molecule has 0 radical (unpaired) electrons. The lowest BCUT2D eigenvalue weighted by atomic mass is 10.0. The van der Waals surface area contributed by atoms with Gasteiger partial charge in [-0.25, -0.2) is 14.8 Å². The number of rotatable bonds is 10. The summed E-state index contributed by atoms with van der Waals surface area (Å²) in [5.74, 6) is 0.879. The molecule has 0 aliphatic rings. The number of nitrogens with one attached hydrogen (secondary N) is 3. The van der Waals surface area contributed by atoms with Gasteiger partial charge in [-0.15, -0.1) is 0 Å². The van der Waals surface area contributed by atoms with Crippen LogP contribution in [-0.4, -0.2) is 34.1 Å². The highest BCUT2D eigenvalue weighted by Gasteiger charge is 2.17. The third-order valence-electron chi connectivity index (χ3n) is 7.09. The van der Waals surface area contributed by atoms with Crippen molar-refractivity contribution in [2.75, 3.05) is 17.2 Å². The molecule has 0 aliphatic heterocycles. The van der Waals surface area contributed by atoms with Crippen LogP contribution in [0.1, 0.15) is 62.0 Å². The molecular formula is C37H39N5O3S. The Balaban J connectivity index is 1.39. The predicted molar refractivity (Wildman–Crippen MR) is 186 cm³/mol. The lowest BCUT2D eigenvalue weighted by Gasteiger charge is -2.19. The molecule has 0 unspecified atom stereocenters. The van der Waals surface area contributed by atoms with E-state index in [2.05, 4.69) is 64.0 Å². The Morgan fingerprint density at radius 1 is 0.891 bits per heavy atom. The average molecular weight is 634 g/mol. The van der Waals surface area contributed by atoms with Crippen LogP contribution in [0.25, 0.3) is 10.9 Å². The van der Waals surface area contributed by atoms with Crippen molar-refractivity contribution in [2.45, 2.75) is 62.3 Å². The average Bonchev–Trinajstić information content (AvgIpc) is 3.02. The van der Waals surface area contributed by atoms with Crippen molar-refractivity contribution in [1.82, 2.24) is 15.3 Å². The van der Waals surface area contributed by atoms with Crippen LogP contribution in [0.3, 0.4) is 0 Å². The van der Waals surface area contributed by atoms with E-state index < -0.39 is 11.7 Å². The number of amides is 2. The van der Waals surface area contributed by atoms with Gasteiger partial charge in [-0.2, -0.15) is 0 Å². The summed E-state index contributed by atoms with van der Waals surface area (Å²) < 4.78 is 5.36. The first-order valence-electron chi connectivity index (χ1n) is 15.3. The summed E-state index contributed by atoms with van der Waals surface area (Å²) in [5, 5.41) is 10.2. The smallest absolute Gasteiger partial charge is 0.412 e. The van der Waals surface area contributed by atoms with E-state index in [4.69, 9.17) is 4.74 Å². The van der Waals surface area contributed by atoms with Crippen LogP contribution in [0.5, 0.6) is 0 Å². The molecule has 0 bridgehead atoms. The van der Waals surface area contributed by atoms with Crippen molar-refractivity contribution in [2.24, 2.45) is 0 Å². The van der Waals surface area contributed by atoms with Crippen LogP contribution in [-0.2, 0) is 11.2 Å². The Labute approximate surface area is 274 Å². The van der Waals surface area contributed by atoms with E-state index in [1.165, 1.54) is 22.9 Å². The highest BCUT2D eigenvalue weighted by Crippen LogP contribution is 2.37. The van der Waals surface area contributed by atoms with Gasteiger partial charge in [-0.3, -0.25) is 10.1 Å². The predicted octanol–water partition coefficient (Wildman–Crippen LogP) is 8.97. The summed E-state index contributed by atoms with van der Waals surface area (Å²) in [6.07, 6.45) is 1.79. The third kappa shape index (κ3) is 8.85. The molecule has 46 heavy (non-hydrogen) atoms. The van der Waals surface area contributed by atoms with Crippen molar-refractivity contribution in [3.05, 3.63) is 114 Å². The van der Waals surface area contributed by atoms with Gasteiger partial charge in [0, 0.05) is 33.0 Å². The number of ether oxygens (including phenoxy) is 1. The maximum atomic E-state index is 13.2. The first-order valence-corrected chi connectivity index (χ1v) is 16.1. The zero-order valence-electron chi connectivity index (χ0n) is 26.8. The fourth-order valence-electron chi connectivity index (χ4n) is 4.74. The molecule has 5 rings (SSSR count). The van der Waals surface area contributed by atoms with E-state index in [1.54, 1.807) is 6.33 Å². The Kier molecular flexibility index (Phi) is 10.2. The van der Waals surface area contributed by atoms with E-state index in [1.807, 2.05) is 87.5 Å². The number of anilines is 3. The lowest BCUT2D eigenvalue weighted by molar-refractivity contribution is 0.0635. The van der Waals surface area contributed by atoms with Crippen LogP contribution in [0.15, 0.2) is 107 Å². The Morgan fingerprint density at radius 2 is 1.65 bits per heavy atom. The molecule has 1 aromatic heterocycles. The number of hydrogen-bond acceptors (Lipinski definition) is 7. The number of carbonyl (C=O) groups is 2. The van der Waals surface area contributed by atoms with Gasteiger partial charge in [0.1, 0.15) is 17.7 Å². The van der Waals surface area contributed by atoms with Gasteiger partial charge >= 0.3 is 6.09 Å². The minimum atomic E-state index is -0.583. The van der Waals surface area contributed by atoms with Crippen molar-refractivity contribution in [3.63, 3.8) is 0 Å². The summed E-state index contributed by atoms with van der Waals surface area (Å²) in [5.41, 5.74) is 4.54. The van der Waals surface area contributed by atoms with Gasteiger partial charge in [0.25, 0.3) is 5.91 Å². The number of nitrogens with zero attached hydrogens (tertiary/aromatic N) is 2. The zero-order valence-corrected chi connectivity index (χ0v) is 27.6. The lowest BCUT2D eigenvalue weighted by Crippen LogP contribution is -2.27. The van der Waals surface area contributed by atoms with Gasteiger partial charge in [-0.1, -0.05) is 62.0 Å². The molecule has 0 saturated carbocycles. The molecular weight excluding hydrogens is 595 g/mol. The van der Waals surface area contributed by atoms with Crippen molar-refractivity contribution < 1.29 is 14.3 Å².